The maximum atomic E-state index is 12.7. The van der Waals surface area contributed by atoms with Crippen LogP contribution in [0.2, 0.25) is 0 Å². The first-order valence-corrected chi connectivity index (χ1v) is 14.3. The molecule has 2 aliphatic heterocycles. The summed E-state index contributed by atoms with van der Waals surface area (Å²) >= 11 is 0. The van der Waals surface area contributed by atoms with E-state index in [4.69, 9.17) is 29.4 Å². The number of cyclic esters (lactones) is 1. The second-order valence-corrected chi connectivity index (χ2v) is 12.6. The van der Waals surface area contributed by atoms with Gasteiger partial charge in [-0.1, -0.05) is 19.9 Å². The summed E-state index contributed by atoms with van der Waals surface area (Å²) in [4.78, 5) is 14.8. The Morgan fingerprint density at radius 1 is 1.32 bits per heavy atom. The van der Waals surface area contributed by atoms with E-state index >= 15 is 0 Å². The molecule has 0 bridgehead atoms. The van der Waals surface area contributed by atoms with E-state index in [1.165, 1.54) is 0 Å². The van der Waals surface area contributed by atoms with Crippen LogP contribution in [-0.4, -0.2) is 79.7 Å². The van der Waals surface area contributed by atoms with E-state index in [2.05, 4.69) is 18.4 Å². The Bertz CT molecular complexity index is 879. The van der Waals surface area contributed by atoms with Gasteiger partial charge < -0.3 is 34.3 Å². The fraction of sp³-hybridized carbons (Fsp3) is 0.821. The molecule has 38 heavy (non-hydrogen) atoms. The van der Waals surface area contributed by atoms with Gasteiger partial charge in [0.25, 0.3) is 0 Å². The van der Waals surface area contributed by atoms with Crippen molar-refractivity contribution >= 4 is 14.4 Å². The number of carbonyl (C=O) groups excluding carboxylic acids is 1. The molecule has 0 radical (unpaired) electrons. The Balaban J connectivity index is 2.57. The smallest absolute Gasteiger partial charge is 0.340 e. The number of hydrogen-bond acceptors (Lipinski definition) is 9. The molecule has 9 nitrogen and oxygen atoms in total. The van der Waals surface area contributed by atoms with Crippen LogP contribution in [-0.2, 0) is 33.0 Å². The Morgan fingerprint density at radius 3 is 2.47 bits per heavy atom. The van der Waals surface area contributed by atoms with Crippen molar-refractivity contribution in [3.8, 4) is 0 Å². The normalized spacial score (nSPS) is 30.7. The molecule has 0 aromatic rings. The van der Waals surface area contributed by atoms with Crippen LogP contribution in [0.5, 0.6) is 0 Å². The van der Waals surface area contributed by atoms with Gasteiger partial charge in [-0.2, -0.15) is 0 Å². The van der Waals surface area contributed by atoms with Crippen molar-refractivity contribution in [2.75, 3.05) is 21.2 Å². The van der Waals surface area contributed by atoms with Crippen LogP contribution >= 0.6 is 8.46 Å². The van der Waals surface area contributed by atoms with Crippen molar-refractivity contribution in [2.24, 2.45) is 17.6 Å². The van der Waals surface area contributed by atoms with E-state index in [-0.39, 0.29) is 32.6 Å². The number of hydrogen-bond donors (Lipinski definition) is 1. The number of nitrogens with zero attached hydrogens (tertiary/aromatic N) is 1. The third-order valence-corrected chi connectivity index (χ3v) is 8.71. The van der Waals surface area contributed by atoms with Crippen molar-refractivity contribution < 1.29 is 33.0 Å². The fourth-order valence-corrected chi connectivity index (χ4v) is 6.34. The van der Waals surface area contributed by atoms with Gasteiger partial charge >= 0.3 is 5.97 Å². The lowest BCUT2D eigenvalue weighted by Crippen LogP contribution is -2.57. The van der Waals surface area contributed by atoms with E-state index in [0.29, 0.717) is 24.2 Å². The third-order valence-electron chi connectivity index (χ3n) is 7.88. The van der Waals surface area contributed by atoms with Crippen LogP contribution < -0.4 is 5.73 Å². The Kier molecular flexibility index (Phi) is 11.5. The van der Waals surface area contributed by atoms with Crippen molar-refractivity contribution in [2.45, 2.75) is 115 Å². The van der Waals surface area contributed by atoms with E-state index in [0.717, 1.165) is 6.42 Å². The number of nitrogens with two attached hydrogens (primary N) is 1. The summed E-state index contributed by atoms with van der Waals surface area (Å²) in [6, 6.07) is -0.121. The average Bonchev–Trinajstić information content (AvgIpc) is 2.83. The molecule has 2 unspecified atom stereocenters. The van der Waals surface area contributed by atoms with Gasteiger partial charge in [0.1, 0.15) is 11.4 Å². The van der Waals surface area contributed by atoms with Gasteiger partial charge in [-0.3, -0.25) is 4.57 Å². The summed E-state index contributed by atoms with van der Waals surface area (Å²) < 4.78 is 43.3. The Morgan fingerprint density at radius 2 is 1.95 bits per heavy atom. The Labute approximate surface area is 230 Å². The van der Waals surface area contributed by atoms with E-state index in [1.807, 2.05) is 40.9 Å². The van der Waals surface area contributed by atoms with Crippen LogP contribution in [0.4, 0.5) is 0 Å². The van der Waals surface area contributed by atoms with Gasteiger partial charge in [-0.25, -0.2) is 4.79 Å². The number of carbonyl (C=O) groups is 1. The van der Waals surface area contributed by atoms with Crippen LogP contribution in [0.1, 0.15) is 67.7 Å². The predicted octanol–water partition coefficient (Wildman–Crippen LogP) is 4.65. The zero-order valence-corrected chi connectivity index (χ0v) is 25.7. The minimum Gasteiger partial charge on any atom is -0.456 e. The highest BCUT2D eigenvalue weighted by molar-refractivity contribution is 7.24. The standard InChI is InChI=1S/C28H49N2O7P/c1-12-13-20(29)16(2)15-28(8,33-11)24(18(4)22-19(5)25(31)37-27(6,7)36-22)35-26-23(38-32)21(30(9)10)14-17(3)34-26/h12,16-18,20-21,23-24,26H,1,13-15,29H2,2-11H3/t16-,17?,18+,20-,21?,23-,24-,26+,28-/m1/s1. The largest absolute Gasteiger partial charge is 0.456 e. The monoisotopic (exact) mass is 556 g/mol. The molecular weight excluding hydrogens is 507 g/mol. The molecule has 1 saturated heterocycles. The van der Waals surface area contributed by atoms with Crippen molar-refractivity contribution in [3.63, 3.8) is 0 Å². The first kappa shape index (κ1) is 32.9. The van der Waals surface area contributed by atoms with Crippen LogP contribution in [0, 0.1) is 11.8 Å². The first-order valence-electron chi connectivity index (χ1n) is 13.4. The second-order valence-electron chi connectivity index (χ2n) is 11.8. The number of esters is 1. The van der Waals surface area contributed by atoms with Crippen molar-refractivity contribution in [3.05, 3.63) is 24.0 Å². The van der Waals surface area contributed by atoms with Crippen molar-refractivity contribution in [1.82, 2.24) is 4.90 Å². The zero-order valence-electron chi connectivity index (χ0n) is 24.9. The molecule has 0 spiro atoms. The summed E-state index contributed by atoms with van der Waals surface area (Å²) in [5, 5.41) is 0. The predicted molar refractivity (Wildman–Crippen MR) is 148 cm³/mol. The quantitative estimate of drug-likeness (QED) is 0.197. The lowest BCUT2D eigenvalue weighted by Gasteiger charge is -2.48. The highest BCUT2D eigenvalue weighted by atomic mass is 31.1. The fourth-order valence-electron chi connectivity index (χ4n) is 5.58. The molecular formula is C28H49N2O7P. The molecule has 2 heterocycles. The number of ether oxygens (including phenoxy) is 5. The van der Waals surface area contributed by atoms with E-state index in [1.54, 1.807) is 27.9 Å². The molecule has 2 aliphatic rings. The molecule has 9 atom stereocenters. The molecule has 10 heteroatoms. The summed E-state index contributed by atoms with van der Waals surface area (Å²) in [6.07, 6.45) is 2.27. The lowest BCUT2D eigenvalue weighted by atomic mass is 9.78. The maximum Gasteiger partial charge on any atom is 0.340 e. The molecule has 0 aromatic carbocycles. The van der Waals surface area contributed by atoms with Crippen LogP contribution in [0.3, 0.4) is 0 Å². The summed E-state index contributed by atoms with van der Waals surface area (Å²) in [6.45, 7) is 16.9. The van der Waals surface area contributed by atoms with Gasteiger partial charge in [0.2, 0.25) is 5.79 Å². The molecule has 0 saturated carbocycles. The average molecular weight is 557 g/mol. The summed E-state index contributed by atoms with van der Waals surface area (Å²) in [5.74, 6) is -1.46. The van der Waals surface area contributed by atoms with Gasteiger partial charge in [0.15, 0.2) is 14.8 Å². The van der Waals surface area contributed by atoms with Crippen LogP contribution in [0.25, 0.3) is 0 Å². The summed E-state index contributed by atoms with van der Waals surface area (Å²) in [5.41, 5.74) is 5.55. The molecule has 2 N–H and O–H groups in total. The molecule has 218 valence electrons. The minimum absolute atomic E-state index is 0.00611. The third kappa shape index (κ3) is 7.64. The molecule has 1 fully saturated rings. The minimum atomic E-state index is -1.13. The Hall–Kier alpha value is -1.35. The van der Waals surface area contributed by atoms with Gasteiger partial charge in [0, 0.05) is 39.0 Å². The van der Waals surface area contributed by atoms with E-state index in [9.17, 15) is 9.36 Å². The highest BCUT2D eigenvalue weighted by Crippen LogP contribution is 2.42. The SMILES string of the molecule is C=CC[C@@H](N)[C@H](C)C[C@@](C)(OC)[C@H](O[C@@H]1OC(C)CC(N(C)C)[C@H]1P=O)[C@@H](C)C1=C(C)C(=O)OC(C)(C)O1. The number of rotatable bonds is 13. The maximum absolute atomic E-state index is 12.7. The molecule has 0 aliphatic carbocycles. The van der Waals surface area contributed by atoms with E-state index < -0.39 is 41.3 Å². The molecule has 2 rings (SSSR count). The zero-order chi connectivity index (χ0) is 29.0. The molecule has 0 aromatic heterocycles. The van der Waals surface area contributed by atoms with Gasteiger partial charge in [0.05, 0.1) is 23.4 Å². The lowest BCUT2D eigenvalue weighted by molar-refractivity contribution is -0.266. The molecule has 0 amide bonds. The van der Waals surface area contributed by atoms with Gasteiger partial charge in [-0.05, 0) is 60.0 Å². The van der Waals surface area contributed by atoms with Crippen molar-refractivity contribution in [1.29, 1.82) is 0 Å². The highest BCUT2D eigenvalue weighted by Gasteiger charge is 2.49. The number of methoxy groups -OCH3 is 1. The van der Waals surface area contributed by atoms with Crippen LogP contribution in [0.15, 0.2) is 24.0 Å². The second kappa shape index (κ2) is 13.3. The van der Waals surface area contributed by atoms with Gasteiger partial charge in [-0.15, -0.1) is 6.58 Å². The first-order chi connectivity index (χ1) is 17.6. The topological polar surface area (TPSA) is 110 Å². The summed E-state index contributed by atoms with van der Waals surface area (Å²) in [7, 11) is 5.52.